The van der Waals surface area contributed by atoms with Gasteiger partial charge in [-0.1, -0.05) is 0 Å². The fourth-order valence-corrected chi connectivity index (χ4v) is 1.67. The van der Waals surface area contributed by atoms with E-state index in [1.54, 1.807) is 0 Å². The van der Waals surface area contributed by atoms with E-state index in [2.05, 4.69) is 4.74 Å². The lowest BCUT2D eigenvalue weighted by molar-refractivity contribution is 0.114. The Labute approximate surface area is 110 Å². The molecule has 0 spiro atoms. The third kappa shape index (κ3) is 2.58. The molecule has 1 atom stereocenters. The molecule has 0 aliphatic carbocycles. The molecule has 0 radical (unpaired) electrons. The fourth-order valence-electron chi connectivity index (χ4n) is 1.67. The van der Waals surface area contributed by atoms with Gasteiger partial charge >= 0.3 is 6.09 Å². The molecule has 19 heavy (non-hydrogen) atoms. The molecule has 1 saturated heterocycles. The number of cyclic esters (lactones) is 1. The number of amides is 1. The molecule has 0 bridgehead atoms. The maximum atomic E-state index is 13.4. The Morgan fingerprint density at radius 3 is 1.89 bits per heavy atom. The van der Waals surface area contributed by atoms with Gasteiger partial charge < -0.3 is 10.1 Å². The Morgan fingerprint density at radius 1 is 0.947 bits per heavy atom. The highest BCUT2D eigenvalue weighted by Crippen LogP contribution is 2.30. The molecule has 1 aliphatic rings. The summed E-state index contributed by atoms with van der Waals surface area (Å²) in [6.07, 6.45) is -1.07. The van der Waals surface area contributed by atoms with Gasteiger partial charge in [0.05, 0.1) is 18.2 Å². The second-order valence-electron chi connectivity index (χ2n) is 3.61. The fraction of sp³-hybridized carbons (Fsp3) is 0.300. The first-order valence-electron chi connectivity index (χ1n) is 4.88. The third-order valence-electron chi connectivity index (χ3n) is 2.52. The number of rotatable bonds is 1. The zero-order valence-corrected chi connectivity index (χ0v) is 9.92. The van der Waals surface area contributed by atoms with Gasteiger partial charge in [0.25, 0.3) is 0 Å². The minimum atomic E-state index is -2.23. The standard InChI is InChI=1S/C10H6F5NO2.ClH/c11-5-4(3-1-2-18-10(17)16-3)6(12)8(14)9(15)7(5)13;/h3H,1-2H2,(H,16,17);1H/t3-;/m0./s1. The lowest BCUT2D eigenvalue weighted by atomic mass is 10.0. The van der Waals surface area contributed by atoms with Crippen LogP contribution in [0.25, 0.3) is 0 Å². The van der Waals surface area contributed by atoms with Crippen molar-refractivity contribution < 1.29 is 31.5 Å². The summed E-state index contributed by atoms with van der Waals surface area (Å²) in [5.74, 6) is -10.2. The highest BCUT2D eigenvalue weighted by atomic mass is 35.5. The highest BCUT2D eigenvalue weighted by molar-refractivity contribution is 5.85. The van der Waals surface area contributed by atoms with Crippen molar-refractivity contribution in [3.8, 4) is 0 Å². The molecule has 1 aliphatic heterocycles. The van der Waals surface area contributed by atoms with Crippen LogP contribution in [0.4, 0.5) is 26.7 Å². The summed E-state index contributed by atoms with van der Waals surface area (Å²) in [6, 6.07) is -1.31. The summed E-state index contributed by atoms with van der Waals surface area (Å²) in [6.45, 7) is -0.171. The van der Waals surface area contributed by atoms with E-state index < -0.39 is 46.8 Å². The maximum absolute atomic E-state index is 13.4. The van der Waals surface area contributed by atoms with Gasteiger partial charge in [0.2, 0.25) is 5.82 Å². The quantitative estimate of drug-likeness (QED) is 0.492. The summed E-state index contributed by atoms with van der Waals surface area (Å²) in [4.78, 5) is 10.9. The van der Waals surface area contributed by atoms with E-state index in [0.717, 1.165) is 0 Å². The number of carbonyl (C=O) groups excluding carboxylic acids is 1. The Balaban J connectivity index is 0.00000180. The molecule has 3 nitrogen and oxygen atoms in total. The predicted molar refractivity (Wildman–Crippen MR) is 55.3 cm³/mol. The number of ether oxygens (including phenoxy) is 1. The lowest BCUT2D eigenvalue weighted by Crippen LogP contribution is -2.36. The molecule has 2 rings (SSSR count). The minimum absolute atomic E-state index is 0. The Hall–Kier alpha value is -1.57. The topological polar surface area (TPSA) is 38.3 Å². The van der Waals surface area contributed by atoms with Crippen LogP contribution in [0.1, 0.15) is 18.0 Å². The van der Waals surface area contributed by atoms with Gasteiger partial charge in [0.15, 0.2) is 23.3 Å². The van der Waals surface area contributed by atoms with Crippen LogP contribution in [-0.4, -0.2) is 12.7 Å². The van der Waals surface area contributed by atoms with Crippen LogP contribution in [0, 0.1) is 29.1 Å². The number of halogens is 6. The average Bonchev–Trinajstić information content (AvgIpc) is 2.34. The molecule has 1 heterocycles. The van der Waals surface area contributed by atoms with Crippen molar-refractivity contribution >= 4 is 18.5 Å². The summed E-state index contributed by atoms with van der Waals surface area (Å²) in [5, 5.41) is 1.99. The zero-order chi connectivity index (χ0) is 13.4. The first-order chi connectivity index (χ1) is 8.43. The Kier molecular flexibility index (Phi) is 4.56. The van der Waals surface area contributed by atoms with E-state index in [4.69, 9.17) is 0 Å². The molecule has 1 N–H and O–H groups in total. The van der Waals surface area contributed by atoms with Crippen molar-refractivity contribution in [2.45, 2.75) is 12.5 Å². The Morgan fingerprint density at radius 2 is 1.42 bits per heavy atom. The molecular formula is C10H7ClF5NO2. The SMILES string of the molecule is Cl.O=C1N[C@H](c2c(F)c(F)c(F)c(F)c2F)CCO1. The molecule has 1 aromatic rings. The summed E-state index contributed by atoms with van der Waals surface area (Å²) in [5.41, 5.74) is -1.05. The van der Waals surface area contributed by atoms with E-state index in [1.165, 1.54) is 0 Å². The molecule has 0 unspecified atom stereocenters. The second-order valence-corrected chi connectivity index (χ2v) is 3.61. The van der Waals surface area contributed by atoms with Gasteiger partial charge in [-0.2, -0.15) is 0 Å². The van der Waals surface area contributed by atoms with Crippen molar-refractivity contribution in [2.75, 3.05) is 6.61 Å². The third-order valence-corrected chi connectivity index (χ3v) is 2.52. The zero-order valence-electron chi connectivity index (χ0n) is 9.11. The number of hydrogen-bond acceptors (Lipinski definition) is 2. The van der Waals surface area contributed by atoms with Gasteiger partial charge in [0, 0.05) is 6.42 Å². The second kappa shape index (κ2) is 5.60. The van der Waals surface area contributed by atoms with Crippen molar-refractivity contribution in [2.24, 2.45) is 0 Å². The van der Waals surface area contributed by atoms with Crippen LogP contribution in [-0.2, 0) is 4.74 Å². The van der Waals surface area contributed by atoms with E-state index in [9.17, 15) is 26.7 Å². The number of benzene rings is 1. The first kappa shape index (κ1) is 15.5. The van der Waals surface area contributed by atoms with E-state index in [0.29, 0.717) is 0 Å². The molecule has 106 valence electrons. The normalized spacial score (nSPS) is 18.4. The van der Waals surface area contributed by atoms with Crippen LogP contribution in [0.5, 0.6) is 0 Å². The maximum Gasteiger partial charge on any atom is 0.407 e. The van der Waals surface area contributed by atoms with Gasteiger partial charge in [-0.25, -0.2) is 26.7 Å². The molecular weight excluding hydrogens is 297 g/mol. The molecule has 9 heteroatoms. The molecule has 0 aromatic heterocycles. The van der Waals surface area contributed by atoms with Gasteiger partial charge in [-0.3, -0.25) is 0 Å². The van der Waals surface area contributed by atoms with Gasteiger partial charge in [-0.05, 0) is 0 Å². The van der Waals surface area contributed by atoms with Gasteiger partial charge in [-0.15, -0.1) is 12.4 Å². The molecule has 0 saturated carbocycles. The molecule has 1 aromatic carbocycles. The predicted octanol–water partition coefficient (Wildman–Crippen LogP) is 2.97. The van der Waals surface area contributed by atoms with E-state index in [-0.39, 0.29) is 25.4 Å². The highest BCUT2D eigenvalue weighted by Gasteiger charge is 2.32. The lowest BCUT2D eigenvalue weighted by Gasteiger charge is -2.24. The van der Waals surface area contributed by atoms with Crippen LogP contribution >= 0.6 is 12.4 Å². The number of alkyl carbamates (subject to hydrolysis) is 1. The van der Waals surface area contributed by atoms with Crippen molar-refractivity contribution in [1.29, 1.82) is 0 Å². The Bertz CT molecular complexity index is 496. The summed E-state index contributed by atoms with van der Waals surface area (Å²) in [7, 11) is 0. The first-order valence-corrected chi connectivity index (χ1v) is 4.88. The van der Waals surface area contributed by atoms with Crippen molar-refractivity contribution in [1.82, 2.24) is 5.32 Å². The van der Waals surface area contributed by atoms with Gasteiger partial charge in [0.1, 0.15) is 0 Å². The smallest absolute Gasteiger partial charge is 0.407 e. The van der Waals surface area contributed by atoms with Crippen LogP contribution < -0.4 is 5.32 Å². The van der Waals surface area contributed by atoms with E-state index >= 15 is 0 Å². The average molecular weight is 304 g/mol. The monoisotopic (exact) mass is 303 g/mol. The van der Waals surface area contributed by atoms with Crippen LogP contribution in [0.3, 0.4) is 0 Å². The van der Waals surface area contributed by atoms with Crippen molar-refractivity contribution in [3.05, 3.63) is 34.6 Å². The summed E-state index contributed by atoms with van der Waals surface area (Å²) < 4.78 is 69.9. The van der Waals surface area contributed by atoms with E-state index in [1.807, 2.05) is 5.32 Å². The largest absolute Gasteiger partial charge is 0.449 e. The minimum Gasteiger partial charge on any atom is -0.449 e. The summed E-state index contributed by atoms with van der Waals surface area (Å²) >= 11 is 0. The number of hydrogen-bond donors (Lipinski definition) is 1. The molecule has 1 fully saturated rings. The van der Waals surface area contributed by atoms with Crippen LogP contribution in [0.15, 0.2) is 0 Å². The number of nitrogens with one attached hydrogen (secondary N) is 1. The van der Waals surface area contributed by atoms with Crippen LogP contribution in [0.2, 0.25) is 0 Å². The molecule has 1 amide bonds. The van der Waals surface area contributed by atoms with Crippen molar-refractivity contribution in [3.63, 3.8) is 0 Å². The number of carbonyl (C=O) groups is 1.